The number of anilines is 2. The third kappa shape index (κ3) is 3.87. The second kappa shape index (κ2) is 9.45. The maximum absolute atomic E-state index is 16.6. The Morgan fingerprint density at radius 3 is 2.93 bits per heavy atom. The van der Waals surface area contributed by atoms with Crippen LogP contribution < -0.4 is 25.4 Å². The minimum atomic E-state index is -0.954. The van der Waals surface area contributed by atoms with Gasteiger partial charge in [-0.2, -0.15) is 9.97 Å². The van der Waals surface area contributed by atoms with Gasteiger partial charge < -0.3 is 25.4 Å². The van der Waals surface area contributed by atoms with Gasteiger partial charge in [-0.15, -0.1) is 0 Å². The smallest absolute Gasteiger partial charge is 0.319 e. The molecule has 0 radical (unpaired) electrons. The number of nitrogens with zero attached hydrogens (tertiary/aromatic N) is 5. The quantitative estimate of drug-likeness (QED) is 0.456. The summed E-state index contributed by atoms with van der Waals surface area (Å²) in [6.07, 6.45) is 3.14. The Hall–Kier alpha value is -3.09. The Balaban J connectivity index is 1.31. The highest BCUT2D eigenvalue weighted by Gasteiger charge is 2.50. The molecule has 4 saturated heterocycles. The van der Waals surface area contributed by atoms with Crippen LogP contribution in [0.15, 0.2) is 6.07 Å². The van der Waals surface area contributed by atoms with Crippen LogP contribution in [-0.2, 0) is 0 Å². The molecule has 3 aromatic rings. The zero-order valence-electron chi connectivity index (χ0n) is 23.1. The number of nitrogens with two attached hydrogens (primary N) is 1. The van der Waals surface area contributed by atoms with Crippen molar-refractivity contribution in [3.05, 3.63) is 28.3 Å². The molecule has 222 valence electrons. The molecule has 0 aliphatic carbocycles. The summed E-state index contributed by atoms with van der Waals surface area (Å²) in [5.74, 6) is -1.59. The van der Waals surface area contributed by atoms with Crippen LogP contribution in [0.5, 0.6) is 11.8 Å². The molecule has 5 atom stereocenters. The summed E-state index contributed by atoms with van der Waals surface area (Å²) in [5.41, 5.74) is 5.30. The van der Waals surface area contributed by atoms with Gasteiger partial charge in [0.05, 0.1) is 33.2 Å². The highest BCUT2D eigenvalue weighted by Crippen LogP contribution is 2.48. The van der Waals surface area contributed by atoms with Gasteiger partial charge in [-0.3, -0.25) is 4.90 Å². The minimum Gasteiger partial charge on any atom is -0.487 e. The van der Waals surface area contributed by atoms with Crippen LogP contribution in [-0.4, -0.2) is 82.5 Å². The average Bonchev–Trinajstić information content (AvgIpc) is 3.58. The van der Waals surface area contributed by atoms with Gasteiger partial charge in [-0.05, 0) is 50.8 Å². The first-order valence-corrected chi connectivity index (χ1v) is 14.9. The van der Waals surface area contributed by atoms with Crippen LogP contribution in [0.2, 0.25) is 5.02 Å². The molecule has 2 aromatic heterocycles. The number of nitrogen functional groups attached to an aromatic ring is 1. The van der Waals surface area contributed by atoms with Gasteiger partial charge in [0.25, 0.3) is 0 Å². The lowest BCUT2D eigenvalue weighted by Crippen LogP contribution is -2.60. The Morgan fingerprint density at radius 2 is 2.07 bits per heavy atom. The molecule has 0 saturated carbocycles. The summed E-state index contributed by atoms with van der Waals surface area (Å²) >= 11 is 6.53. The Labute approximate surface area is 245 Å². The summed E-state index contributed by atoms with van der Waals surface area (Å²) in [6, 6.07) is 1.67. The predicted molar refractivity (Wildman–Crippen MR) is 152 cm³/mol. The zero-order valence-corrected chi connectivity index (χ0v) is 23.9. The fourth-order valence-corrected chi connectivity index (χ4v) is 8.04. The van der Waals surface area contributed by atoms with E-state index >= 15 is 8.78 Å². The van der Waals surface area contributed by atoms with Gasteiger partial charge in [0, 0.05) is 31.6 Å². The molecule has 0 spiro atoms. The lowest BCUT2D eigenvalue weighted by atomic mass is 9.95. The first kappa shape index (κ1) is 26.5. The minimum absolute atomic E-state index is 0.0437. The highest BCUT2D eigenvalue weighted by atomic mass is 35.5. The number of aryl methyl sites for hydroxylation is 1. The van der Waals surface area contributed by atoms with Crippen molar-refractivity contribution in [1.29, 1.82) is 0 Å². The standard InChI is InChI=1S/C29H31ClF3N7O2/c1-13-7-18(34)36-24(21(13)30)19-22(32)25-20-26(23(19)33)41-11-17-16-4-3-15(35-16)10-40(17)27(20)38-28(37-25)42-12-29-5-2-6-39(29)9-14(31)8-29/h7,14-17,35H,2-6,8-12H2,1H3,(H2,34,36)/t14-,15-,16+,17-,29+/m1/s1. The predicted octanol–water partition coefficient (Wildman–Crippen LogP) is 4.17. The summed E-state index contributed by atoms with van der Waals surface area (Å²) in [5, 5.41) is 3.84. The molecule has 2 bridgehead atoms. The van der Waals surface area contributed by atoms with E-state index in [0.717, 1.165) is 32.2 Å². The van der Waals surface area contributed by atoms with Crippen LogP contribution in [0.25, 0.3) is 22.2 Å². The normalized spacial score (nSPS) is 29.9. The molecule has 1 aromatic carbocycles. The lowest BCUT2D eigenvalue weighted by Gasteiger charge is -2.40. The van der Waals surface area contributed by atoms with E-state index in [4.69, 9.17) is 31.8 Å². The largest absolute Gasteiger partial charge is 0.487 e. The molecule has 8 rings (SSSR count). The lowest BCUT2D eigenvalue weighted by molar-refractivity contribution is 0.107. The third-order valence-electron chi connectivity index (χ3n) is 9.80. The van der Waals surface area contributed by atoms with Crippen molar-refractivity contribution in [2.45, 2.75) is 68.9 Å². The maximum Gasteiger partial charge on any atom is 0.319 e. The third-order valence-corrected chi connectivity index (χ3v) is 10.3. The van der Waals surface area contributed by atoms with Crippen LogP contribution in [0.1, 0.15) is 37.7 Å². The highest BCUT2D eigenvalue weighted by molar-refractivity contribution is 6.34. The number of hydrogen-bond acceptors (Lipinski definition) is 9. The number of aromatic nitrogens is 3. The number of ether oxygens (including phenoxy) is 2. The summed E-state index contributed by atoms with van der Waals surface area (Å²) < 4.78 is 59.8. The number of rotatable bonds is 4. The van der Waals surface area contributed by atoms with Crippen molar-refractivity contribution in [3.8, 4) is 23.0 Å². The first-order chi connectivity index (χ1) is 20.2. The van der Waals surface area contributed by atoms with E-state index in [9.17, 15) is 4.39 Å². The van der Waals surface area contributed by atoms with Gasteiger partial charge in [0.15, 0.2) is 17.4 Å². The fraction of sp³-hybridized carbons (Fsp3) is 0.552. The van der Waals surface area contributed by atoms with Gasteiger partial charge in [-0.1, -0.05) is 11.6 Å². The molecular weight excluding hydrogens is 571 g/mol. The Morgan fingerprint density at radius 1 is 1.21 bits per heavy atom. The molecule has 13 heteroatoms. The molecule has 5 aliphatic heterocycles. The van der Waals surface area contributed by atoms with E-state index in [1.807, 2.05) is 0 Å². The molecule has 0 amide bonds. The topological polar surface area (TPSA) is 102 Å². The van der Waals surface area contributed by atoms with Crippen molar-refractivity contribution in [1.82, 2.24) is 25.2 Å². The number of piperazine rings is 1. The molecule has 7 heterocycles. The van der Waals surface area contributed by atoms with Crippen LogP contribution >= 0.6 is 11.6 Å². The second-order valence-electron chi connectivity index (χ2n) is 12.4. The van der Waals surface area contributed by atoms with E-state index in [1.54, 1.807) is 6.92 Å². The number of nitrogens with one attached hydrogen (secondary N) is 1. The van der Waals surface area contributed by atoms with Crippen molar-refractivity contribution in [2.75, 3.05) is 43.5 Å². The molecule has 0 unspecified atom stereocenters. The fourth-order valence-electron chi connectivity index (χ4n) is 7.85. The zero-order chi connectivity index (χ0) is 28.9. The number of benzene rings is 1. The van der Waals surface area contributed by atoms with E-state index in [-0.39, 0.29) is 70.5 Å². The number of alkyl halides is 1. The average molecular weight is 602 g/mol. The monoisotopic (exact) mass is 601 g/mol. The van der Waals surface area contributed by atoms with Crippen molar-refractivity contribution in [2.24, 2.45) is 0 Å². The molecule has 5 aliphatic rings. The summed E-state index contributed by atoms with van der Waals surface area (Å²) in [7, 11) is 0. The number of pyridine rings is 1. The van der Waals surface area contributed by atoms with Gasteiger partial charge in [0.1, 0.15) is 36.5 Å². The summed E-state index contributed by atoms with van der Waals surface area (Å²) in [4.78, 5) is 17.7. The van der Waals surface area contributed by atoms with Crippen molar-refractivity contribution >= 4 is 34.1 Å². The van der Waals surface area contributed by atoms with Crippen molar-refractivity contribution < 1.29 is 22.6 Å². The molecular formula is C29H31ClF3N7O2. The summed E-state index contributed by atoms with van der Waals surface area (Å²) in [6.45, 7) is 3.82. The first-order valence-electron chi connectivity index (χ1n) is 14.6. The molecule has 9 nitrogen and oxygen atoms in total. The second-order valence-corrected chi connectivity index (χ2v) is 12.7. The van der Waals surface area contributed by atoms with E-state index < -0.39 is 28.9 Å². The van der Waals surface area contributed by atoms with Crippen LogP contribution in [0, 0.1) is 18.6 Å². The van der Waals surface area contributed by atoms with Crippen LogP contribution in [0.4, 0.5) is 24.8 Å². The van der Waals surface area contributed by atoms with Gasteiger partial charge in [-0.25, -0.2) is 18.2 Å². The Kier molecular flexibility index (Phi) is 5.97. The molecule has 4 fully saturated rings. The number of halogens is 4. The van der Waals surface area contributed by atoms with Crippen molar-refractivity contribution in [3.63, 3.8) is 0 Å². The Bertz CT molecular complexity index is 1630. The van der Waals surface area contributed by atoms with Gasteiger partial charge in [0.2, 0.25) is 0 Å². The molecule has 42 heavy (non-hydrogen) atoms. The van der Waals surface area contributed by atoms with Crippen LogP contribution in [0.3, 0.4) is 0 Å². The van der Waals surface area contributed by atoms with Gasteiger partial charge >= 0.3 is 6.01 Å². The number of fused-ring (bicyclic) bond motifs is 6. The molecule has 3 N–H and O–H groups in total. The van der Waals surface area contributed by atoms with E-state index in [2.05, 4.69) is 25.1 Å². The number of hydrogen-bond donors (Lipinski definition) is 2. The SMILES string of the molecule is Cc1cc(N)nc(-c2c(F)c3c4c(nc(OC[C@@]56CCCN5C[C@H](F)C6)nc4c2F)N2C[C@H]4CC[C@H](N4)[C@H]2CO3)c1Cl. The van der Waals surface area contributed by atoms with E-state index in [1.165, 1.54) is 6.07 Å². The van der Waals surface area contributed by atoms with E-state index in [0.29, 0.717) is 30.9 Å². The maximum atomic E-state index is 16.6.